The van der Waals surface area contributed by atoms with Crippen molar-refractivity contribution in [2.75, 3.05) is 14.2 Å². The summed E-state index contributed by atoms with van der Waals surface area (Å²) in [5, 5.41) is 1.17. The number of rotatable bonds is 4. The highest BCUT2D eigenvalue weighted by Crippen LogP contribution is 2.14. The molecule has 0 saturated carbocycles. The highest BCUT2D eigenvalue weighted by Gasteiger charge is 2.35. The molecule has 0 atom stereocenters. The number of hydrogen-bond acceptors (Lipinski definition) is 2. The van der Waals surface area contributed by atoms with Gasteiger partial charge < -0.3 is 8.85 Å². The fourth-order valence-corrected chi connectivity index (χ4v) is 4.08. The van der Waals surface area contributed by atoms with Gasteiger partial charge in [0.1, 0.15) is 0 Å². The maximum absolute atomic E-state index is 5.56. The Morgan fingerprint density at radius 1 is 1.14 bits per heavy atom. The zero-order valence-corrected chi connectivity index (χ0v) is 11.3. The Bertz CT molecular complexity index is 274. The smallest absolute Gasteiger partial charge is 0.371 e. The van der Waals surface area contributed by atoms with Crippen LogP contribution in [0.25, 0.3) is 0 Å². The van der Waals surface area contributed by atoms with Gasteiger partial charge >= 0.3 is 8.56 Å². The second kappa shape index (κ2) is 5.07. The summed E-state index contributed by atoms with van der Waals surface area (Å²) in [6, 6.07) is 9.08. The molecule has 0 amide bonds. The molecule has 1 aromatic carbocycles. The summed E-state index contributed by atoms with van der Waals surface area (Å²) in [7, 11) is 1.31. The van der Waals surface area contributed by atoms with Gasteiger partial charge in [-0.2, -0.15) is 0 Å². The Balaban J connectivity index is 3.05. The molecule has 0 aromatic heterocycles. The fraction of sp³-hybridized carbons (Fsp3) is 0.400. The Morgan fingerprint density at radius 3 is 2.00 bits per heavy atom. The molecule has 1 rings (SSSR count). The first-order chi connectivity index (χ1) is 6.68. The van der Waals surface area contributed by atoms with E-state index in [1.54, 1.807) is 14.2 Å². The average Bonchev–Trinajstić information content (AvgIpc) is 2.24. The van der Waals surface area contributed by atoms with Crippen LogP contribution < -0.4 is 5.19 Å². The maximum atomic E-state index is 5.56. The molecule has 0 saturated heterocycles. The number of benzene rings is 1. The van der Waals surface area contributed by atoms with Crippen LogP contribution in [0.3, 0.4) is 0 Å². The summed E-state index contributed by atoms with van der Waals surface area (Å²) in [6.07, 6.45) is 0. The largest absolute Gasteiger partial charge is 0.394 e. The molecule has 0 heterocycles. The van der Waals surface area contributed by atoms with Gasteiger partial charge in [-0.3, -0.25) is 0 Å². The minimum absolute atomic E-state index is 0.918. The van der Waals surface area contributed by atoms with E-state index in [4.69, 9.17) is 8.85 Å². The first kappa shape index (κ1) is 11.9. The molecule has 78 valence electrons. The van der Waals surface area contributed by atoms with Gasteiger partial charge in [0.25, 0.3) is 0 Å². The van der Waals surface area contributed by atoms with Crippen molar-refractivity contribution in [1.82, 2.24) is 0 Å². The zero-order chi connectivity index (χ0) is 10.6. The third kappa shape index (κ3) is 2.25. The van der Waals surface area contributed by atoms with Crippen LogP contribution in [0.15, 0.2) is 28.7 Å². The van der Waals surface area contributed by atoms with Crippen LogP contribution in [0, 0.1) is 0 Å². The van der Waals surface area contributed by atoms with Gasteiger partial charge in [0.05, 0.1) is 0 Å². The van der Waals surface area contributed by atoms with Crippen molar-refractivity contribution < 1.29 is 8.85 Å². The Labute approximate surface area is 94.6 Å². The summed E-state index contributed by atoms with van der Waals surface area (Å²) in [6.45, 7) is 2.10. The van der Waals surface area contributed by atoms with E-state index in [-0.39, 0.29) is 0 Å². The third-order valence-corrected chi connectivity index (χ3v) is 6.40. The van der Waals surface area contributed by atoms with Crippen LogP contribution in [0.2, 0.25) is 6.04 Å². The first-order valence-electron chi connectivity index (χ1n) is 4.55. The van der Waals surface area contributed by atoms with Crippen LogP contribution in [0.1, 0.15) is 6.92 Å². The molecule has 0 N–H and O–H groups in total. The highest BCUT2D eigenvalue weighted by atomic mass is 79.9. The molecule has 0 aliphatic carbocycles. The second-order valence-corrected chi connectivity index (χ2v) is 7.54. The number of hydrogen-bond donors (Lipinski definition) is 0. The predicted molar refractivity (Wildman–Crippen MR) is 64.0 cm³/mol. The molecule has 0 unspecified atom stereocenters. The predicted octanol–water partition coefficient (Wildman–Crippen LogP) is 2.41. The summed E-state index contributed by atoms with van der Waals surface area (Å²) in [5.74, 6) is 0. The third-order valence-electron chi connectivity index (χ3n) is 2.41. The van der Waals surface area contributed by atoms with E-state index in [2.05, 4.69) is 35.0 Å². The number of halogens is 1. The quantitative estimate of drug-likeness (QED) is 0.786. The van der Waals surface area contributed by atoms with Gasteiger partial charge in [0, 0.05) is 18.7 Å². The summed E-state index contributed by atoms with van der Waals surface area (Å²) >= 11 is 3.41. The normalized spacial score (nSPS) is 11.7. The monoisotopic (exact) mass is 274 g/mol. The molecule has 0 aliphatic heterocycles. The summed E-state index contributed by atoms with van der Waals surface area (Å²) < 4.78 is 12.2. The lowest BCUT2D eigenvalue weighted by atomic mass is 10.4. The van der Waals surface area contributed by atoms with E-state index >= 15 is 0 Å². The fourth-order valence-electron chi connectivity index (χ4n) is 1.52. The molecule has 0 aliphatic rings. The zero-order valence-electron chi connectivity index (χ0n) is 8.71. The Hall–Kier alpha value is -0.163. The van der Waals surface area contributed by atoms with Crippen LogP contribution in [0.5, 0.6) is 0 Å². The van der Waals surface area contributed by atoms with Gasteiger partial charge in [0.2, 0.25) is 0 Å². The average molecular weight is 275 g/mol. The summed E-state index contributed by atoms with van der Waals surface area (Å²) in [4.78, 5) is 0. The van der Waals surface area contributed by atoms with Crippen molar-refractivity contribution >= 4 is 29.7 Å². The molecule has 1 aromatic rings. The molecule has 14 heavy (non-hydrogen) atoms. The van der Waals surface area contributed by atoms with Gasteiger partial charge in [0.15, 0.2) is 0 Å². The first-order valence-corrected chi connectivity index (χ1v) is 7.36. The minimum atomic E-state index is -2.14. The van der Waals surface area contributed by atoms with E-state index in [9.17, 15) is 0 Å². The SMILES string of the molecule is CC[Si](OC)(OC)c1ccc(Br)cc1. The molecular formula is C10H15BrO2Si. The maximum Gasteiger partial charge on any atom is 0.371 e. The van der Waals surface area contributed by atoms with Gasteiger partial charge in [-0.05, 0) is 23.4 Å². The van der Waals surface area contributed by atoms with E-state index < -0.39 is 8.56 Å². The molecule has 0 fully saturated rings. The lowest BCUT2D eigenvalue weighted by Crippen LogP contribution is -2.51. The van der Waals surface area contributed by atoms with E-state index in [1.165, 1.54) is 5.19 Å². The Morgan fingerprint density at radius 2 is 1.64 bits per heavy atom. The molecule has 2 nitrogen and oxygen atoms in total. The van der Waals surface area contributed by atoms with Gasteiger partial charge in [-0.1, -0.05) is 35.0 Å². The van der Waals surface area contributed by atoms with Crippen LogP contribution in [0.4, 0.5) is 0 Å². The second-order valence-electron chi connectivity index (χ2n) is 3.02. The van der Waals surface area contributed by atoms with Crippen molar-refractivity contribution in [2.24, 2.45) is 0 Å². The van der Waals surface area contributed by atoms with Crippen molar-refractivity contribution in [2.45, 2.75) is 13.0 Å². The van der Waals surface area contributed by atoms with Crippen molar-refractivity contribution in [1.29, 1.82) is 0 Å². The van der Waals surface area contributed by atoms with Crippen LogP contribution in [-0.4, -0.2) is 22.8 Å². The lowest BCUT2D eigenvalue weighted by molar-refractivity contribution is 0.259. The van der Waals surface area contributed by atoms with E-state index in [0.29, 0.717) is 0 Å². The summed E-state index contributed by atoms with van der Waals surface area (Å²) in [5.41, 5.74) is 0. The Kier molecular flexibility index (Phi) is 4.31. The van der Waals surface area contributed by atoms with Gasteiger partial charge in [-0.15, -0.1) is 0 Å². The molecule has 0 bridgehead atoms. The van der Waals surface area contributed by atoms with E-state index in [0.717, 1.165) is 10.5 Å². The molecular weight excluding hydrogens is 260 g/mol. The van der Waals surface area contributed by atoms with Crippen molar-refractivity contribution in [3.05, 3.63) is 28.7 Å². The molecule has 0 radical (unpaired) electrons. The van der Waals surface area contributed by atoms with Gasteiger partial charge in [-0.25, -0.2) is 0 Å². The van der Waals surface area contributed by atoms with Crippen LogP contribution >= 0.6 is 15.9 Å². The van der Waals surface area contributed by atoms with Crippen molar-refractivity contribution in [3.8, 4) is 0 Å². The lowest BCUT2D eigenvalue weighted by Gasteiger charge is -2.26. The standard InChI is InChI=1S/C10H15BrO2Si/c1-4-14(12-2,13-3)10-7-5-9(11)6-8-10/h5-8H,4H2,1-3H3. The van der Waals surface area contributed by atoms with Crippen molar-refractivity contribution in [3.63, 3.8) is 0 Å². The van der Waals surface area contributed by atoms with Crippen LogP contribution in [-0.2, 0) is 8.85 Å². The molecule has 0 spiro atoms. The molecule has 4 heteroatoms. The topological polar surface area (TPSA) is 18.5 Å². The minimum Gasteiger partial charge on any atom is -0.394 e. The van der Waals surface area contributed by atoms with E-state index in [1.807, 2.05) is 12.1 Å². The highest BCUT2D eigenvalue weighted by molar-refractivity contribution is 9.10.